The number of ether oxygens (including phenoxy) is 2. The van der Waals surface area contributed by atoms with E-state index in [0.29, 0.717) is 25.5 Å². The van der Waals surface area contributed by atoms with Gasteiger partial charge in [0.05, 0.1) is 25.0 Å². The van der Waals surface area contributed by atoms with Crippen LogP contribution in [0.4, 0.5) is 0 Å². The van der Waals surface area contributed by atoms with Gasteiger partial charge in [0.1, 0.15) is 0 Å². The molecule has 0 aliphatic heterocycles. The molecule has 0 aliphatic rings. The Morgan fingerprint density at radius 3 is 1.09 bits per heavy atom. The van der Waals surface area contributed by atoms with Gasteiger partial charge in [-0.2, -0.15) is 0 Å². The van der Waals surface area contributed by atoms with E-state index in [9.17, 15) is 14.4 Å². The van der Waals surface area contributed by atoms with E-state index in [-0.39, 0.29) is 23.8 Å². The zero-order valence-corrected chi connectivity index (χ0v) is 46.3. The quantitative estimate of drug-likeness (QED) is 0.0444. The van der Waals surface area contributed by atoms with Crippen LogP contribution in [0.25, 0.3) is 0 Å². The minimum Gasteiger partial charge on any atom is -0.465 e. The van der Waals surface area contributed by atoms with Crippen LogP contribution in [0.15, 0.2) is 0 Å². The molecule has 0 radical (unpaired) electrons. The SMILES string of the molecule is CCCCCCCCC(CCCCCC)C(=O)OCCCCCCN(CCCCCCOC(=O)C(CCCCCC)CCCCCCCC)CCN(C)CCCC(=O)N(CCCC)CCCC. The van der Waals surface area contributed by atoms with Gasteiger partial charge in [0.2, 0.25) is 5.91 Å². The van der Waals surface area contributed by atoms with E-state index in [0.717, 1.165) is 181 Å². The van der Waals surface area contributed by atoms with E-state index in [4.69, 9.17) is 9.47 Å². The molecular weight excluding hydrogens is 831 g/mol. The van der Waals surface area contributed by atoms with Crippen molar-refractivity contribution in [1.29, 1.82) is 0 Å². The molecule has 0 saturated carbocycles. The Hall–Kier alpha value is -1.67. The lowest BCUT2D eigenvalue weighted by Gasteiger charge is -2.26. The van der Waals surface area contributed by atoms with Crippen LogP contribution < -0.4 is 0 Å². The molecule has 0 rings (SSSR count). The fourth-order valence-corrected chi connectivity index (χ4v) is 9.38. The zero-order valence-electron chi connectivity index (χ0n) is 46.3. The van der Waals surface area contributed by atoms with E-state index in [2.05, 4.69) is 63.3 Å². The molecule has 0 aromatic heterocycles. The van der Waals surface area contributed by atoms with Gasteiger partial charge in [-0.1, -0.05) is 208 Å². The lowest BCUT2D eigenvalue weighted by atomic mass is 9.94. The number of hydrogen-bond donors (Lipinski definition) is 0. The maximum atomic E-state index is 13.2. The summed E-state index contributed by atoms with van der Waals surface area (Å²) in [6.07, 6.45) is 43.5. The van der Waals surface area contributed by atoms with Crippen molar-refractivity contribution in [3.8, 4) is 0 Å². The van der Waals surface area contributed by atoms with E-state index in [1.54, 1.807) is 0 Å². The molecule has 0 saturated heterocycles. The average Bonchev–Trinajstić information content (AvgIpc) is 3.32. The van der Waals surface area contributed by atoms with Crippen molar-refractivity contribution in [2.75, 3.05) is 66.1 Å². The largest absolute Gasteiger partial charge is 0.465 e. The Labute approximate surface area is 418 Å². The van der Waals surface area contributed by atoms with Crippen molar-refractivity contribution < 1.29 is 23.9 Å². The number of carbonyl (C=O) groups is 3. The highest BCUT2D eigenvalue weighted by atomic mass is 16.5. The number of unbranched alkanes of at least 4 members (excludes halogenated alkanes) is 24. The molecule has 1 amide bonds. The van der Waals surface area contributed by atoms with Crippen LogP contribution in [0, 0.1) is 11.8 Å². The monoisotopic (exact) mass is 948 g/mol. The van der Waals surface area contributed by atoms with Gasteiger partial charge in [-0.05, 0) is 97.3 Å². The first-order chi connectivity index (χ1) is 32.8. The van der Waals surface area contributed by atoms with Crippen molar-refractivity contribution >= 4 is 17.8 Å². The van der Waals surface area contributed by atoms with Crippen molar-refractivity contribution in [1.82, 2.24) is 14.7 Å². The van der Waals surface area contributed by atoms with Crippen LogP contribution in [-0.2, 0) is 23.9 Å². The van der Waals surface area contributed by atoms with Crippen molar-refractivity contribution in [3.63, 3.8) is 0 Å². The number of esters is 2. The second kappa shape index (κ2) is 50.7. The smallest absolute Gasteiger partial charge is 0.308 e. The van der Waals surface area contributed by atoms with Gasteiger partial charge in [0.25, 0.3) is 0 Å². The fraction of sp³-hybridized carbons (Fsp3) is 0.949. The van der Waals surface area contributed by atoms with Crippen LogP contribution in [-0.4, -0.2) is 98.6 Å². The topological polar surface area (TPSA) is 79.4 Å². The number of rotatable bonds is 53. The van der Waals surface area contributed by atoms with Crippen LogP contribution >= 0.6 is 0 Å². The normalized spacial score (nSPS) is 12.6. The third-order valence-corrected chi connectivity index (χ3v) is 14.2. The third-order valence-electron chi connectivity index (χ3n) is 14.2. The van der Waals surface area contributed by atoms with Crippen molar-refractivity contribution in [2.24, 2.45) is 11.8 Å². The highest BCUT2D eigenvalue weighted by molar-refractivity contribution is 5.76. The van der Waals surface area contributed by atoms with Gasteiger partial charge in [-0.15, -0.1) is 0 Å². The molecule has 0 aromatic carbocycles. The summed E-state index contributed by atoms with van der Waals surface area (Å²) in [5.41, 5.74) is 0. The first-order valence-corrected chi connectivity index (χ1v) is 29.8. The molecule has 2 atom stereocenters. The number of hydrogen-bond acceptors (Lipinski definition) is 7. The molecule has 0 spiro atoms. The number of likely N-dealkylation sites (N-methyl/N-ethyl adjacent to an activating group) is 1. The van der Waals surface area contributed by atoms with Crippen LogP contribution in [0.3, 0.4) is 0 Å². The predicted molar refractivity (Wildman–Crippen MR) is 289 cm³/mol. The van der Waals surface area contributed by atoms with Gasteiger partial charge in [0, 0.05) is 32.6 Å². The summed E-state index contributed by atoms with van der Waals surface area (Å²) in [7, 11) is 2.21. The summed E-state index contributed by atoms with van der Waals surface area (Å²) >= 11 is 0. The number of amides is 1. The van der Waals surface area contributed by atoms with Gasteiger partial charge >= 0.3 is 11.9 Å². The minimum atomic E-state index is 0.0543. The van der Waals surface area contributed by atoms with Gasteiger partial charge in [0.15, 0.2) is 0 Å². The molecule has 67 heavy (non-hydrogen) atoms. The molecule has 398 valence electrons. The Kier molecular flexibility index (Phi) is 49.4. The molecular formula is C59H117N3O5. The first-order valence-electron chi connectivity index (χ1n) is 29.8. The van der Waals surface area contributed by atoms with E-state index in [1.165, 1.54) is 103 Å². The maximum Gasteiger partial charge on any atom is 0.308 e. The molecule has 0 aromatic rings. The maximum absolute atomic E-state index is 13.2. The lowest BCUT2D eigenvalue weighted by molar-refractivity contribution is -0.150. The molecule has 0 heterocycles. The Balaban J connectivity index is 5.01. The summed E-state index contributed by atoms with van der Waals surface area (Å²) in [6, 6.07) is 0. The Morgan fingerprint density at radius 2 is 0.687 bits per heavy atom. The Bertz CT molecular complexity index is 1010. The van der Waals surface area contributed by atoms with Crippen LogP contribution in [0.2, 0.25) is 0 Å². The molecule has 8 nitrogen and oxygen atoms in total. The number of carbonyl (C=O) groups excluding carboxylic acids is 3. The van der Waals surface area contributed by atoms with E-state index >= 15 is 0 Å². The van der Waals surface area contributed by atoms with E-state index in [1.807, 2.05) is 0 Å². The highest BCUT2D eigenvalue weighted by Crippen LogP contribution is 2.22. The molecule has 0 aliphatic carbocycles. The fourth-order valence-electron chi connectivity index (χ4n) is 9.38. The van der Waals surface area contributed by atoms with Crippen LogP contribution in [0.1, 0.15) is 286 Å². The first kappa shape index (κ1) is 65.3. The summed E-state index contributed by atoms with van der Waals surface area (Å²) in [4.78, 5) is 46.6. The summed E-state index contributed by atoms with van der Waals surface area (Å²) in [6.45, 7) is 21.5. The standard InChI is InChI=1S/C59H117N3O5/c1-8-14-20-24-26-34-43-55(41-32-22-16-10-3)58(64)66-53-38-30-28-36-47-61(52-51-60(7)46-40-45-57(63)62(49-18-12-5)50-19-13-6)48-37-29-31-39-54-67-59(65)56(42-33-23-17-11-4)44-35-27-25-21-15-9-2/h55-56H,8-54H2,1-7H3. The van der Waals surface area contributed by atoms with Gasteiger partial charge in [-0.3, -0.25) is 14.4 Å². The summed E-state index contributed by atoms with van der Waals surface area (Å²) < 4.78 is 11.8. The third kappa shape index (κ3) is 41.8. The molecule has 0 bridgehead atoms. The molecule has 8 heteroatoms. The Morgan fingerprint density at radius 1 is 0.343 bits per heavy atom. The van der Waals surface area contributed by atoms with E-state index < -0.39 is 0 Å². The second-order valence-corrected chi connectivity index (χ2v) is 20.7. The van der Waals surface area contributed by atoms with Gasteiger partial charge in [-0.25, -0.2) is 0 Å². The predicted octanol–water partition coefficient (Wildman–Crippen LogP) is 16.3. The molecule has 0 N–H and O–H groups in total. The minimum absolute atomic E-state index is 0.0543. The number of nitrogens with zero attached hydrogens (tertiary/aromatic N) is 3. The highest BCUT2D eigenvalue weighted by Gasteiger charge is 2.21. The van der Waals surface area contributed by atoms with Crippen molar-refractivity contribution in [2.45, 2.75) is 286 Å². The van der Waals surface area contributed by atoms with Gasteiger partial charge < -0.3 is 24.2 Å². The molecule has 2 unspecified atom stereocenters. The van der Waals surface area contributed by atoms with Crippen molar-refractivity contribution in [3.05, 3.63) is 0 Å². The second-order valence-electron chi connectivity index (χ2n) is 20.7. The van der Waals surface area contributed by atoms with Crippen LogP contribution in [0.5, 0.6) is 0 Å². The summed E-state index contributed by atoms with van der Waals surface area (Å²) in [5, 5.41) is 0. The average molecular weight is 949 g/mol. The zero-order chi connectivity index (χ0) is 49.3. The lowest BCUT2D eigenvalue weighted by Crippen LogP contribution is -2.36. The summed E-state index contributed by atoms with van der Waals surface area (Å²) in [5.74, 6) is 0.590. The molecule has 0 fully saturated rings.